The van der Waals surface area contributed by atoms with Gasteiger partial charge in [-0.25, -0.2) is 0 Å². The van der Waals surface area contributed by atoms with Gasteiger partial charge in [0.25, 0.3) is 0 Å². The summed E-state index contributed by atoms with van der Waals surface area (Å²) in [5.41, 5.74) is 0. The summed E-state index contributed by atoms with van der Waals surface area (Å²) in [6, 6.07) is 0. The minimum absolute atomic E-state index is 0.169. The molecule has 0 aliphatic carbocycles. The summed E-state index contributed by atoms with van der Waals surface area (Å²) in [5, 5.41) is 31.4. The molecule has 0 aromatic rings. The van der Waals surface area contributed by atoms with Crippen molar-refractivity contribution in [2.24, 2.45) is 0 Å². The van der Waals surface area contributed by atoms with Crippen LogP contribution in [0.5, 0.6) is 0 Å². The highest BCUT2D eigenvalue weighted by atomic mass is 16.3. The zero-order chi connectivity index (χ0) is 14.5. The number of hydrogen-bond donors (Lipinski definition) is 6. The highest BCUT2D eigenvalue weighted by molar-refractivity contribution is 4.62. The van der Waals surface area contributed by atoms with Crippen molar-refractivity contribution in [2.45, 2.75) is 0 Å². The minimum atomic E-state index is 0.169. The molecule has 0 amide bonds. The first-order chi connectivity index (χ1) is 9.86. The molecule has 8 heteroatoms. The Balaban J connectivity index is 2.34. The van der Waals surface area contributed by atoms with Crippen LogP contribution in [0.2, 0.25) is 0 Å². The van der Waals surface area contributed by atoms with Crippen LogP contribution in [0.3, 0.4) is 0 Å². The summed E-state index contributed by atoms with van der Waals surface area (Å²) >= 11 is 0. The van der Waals surface area contributed by atoms with Crippen molar-refractivity contribution in [1.29, 1.82) is 0 Å². The van der Waals surface area contributed by atoms with Crippen molar-refractivity contribution >= 4 is 0 Å². The number of rotatable bonds is 4. The van der Waals surface area contributed by atoms with Crippen molar-refractivity contribution in [1.82, 2.24) is 31.1 Å². The van der Waals surface area contributed by atoms with E-state index in [1.807, 2.05) is 0 Å². The molecule has 0 saturated carbocycles. The van der Waals surface area contributed by atoms with E-state index < -0.39 is 0 Å². The van der Waals surface area contributed by atoms with Crippen LogP contribution in [-0.2, 0) is 0 Å². The number of β-amino-alcohol motifs (C(OH)–C–C–N with tert-alkyl or cyclic N) is 2. The lowest BCUT2D eigenvalue weighted by atomic mass is 10.5. The molecule has 8 nitrogen and oxygen atoms in total. The van der Waals surface area contributed by atoms with Crippen molar-refractivity contribution < 1.29 is 10.2 Å². The molecular formula is C12H30N6O2. The molecule has 0 unspecified atom stereocenters. The van der Waals surface area contributed by atoms with Gasteiger partial charge < -0.3 is 26.2 Å². The van der Waals surface area contributed by atoms with Crippen molar-refractivity contribution in [3.63, 3.8) is 0 Å². The molecule has 0 bridgehead atoms. The predicted octanol–water partition coefficient (Wildman–Crippen LogP) is -3.22. The Morgan fingerprint density at radius 3 is 2.05 bits per heavy atom. The normalized spacial score (nSPS) is 22.5. The maximum atomic E-state index is 9.05. The van der Waals surface area contributed by atoms with Gasteiger partial charge in [0.05, 0.1) is 13.2 Å². The molecule has 1 fully saturated rings. The lowest BCUT2D eigenvalue weighted by Gasteiger charge is -2.26. The molecule has 0 atom stereocenters. The zero-order valence-electron chi connectivity index (χ0n) is 12.3. The fourth-order valence-corrected chi connectivity index (χ4v) is 2.05. The second kappa shape index (κ2) is 12.4. The smallest absolute Gasteiger partial charge is 0.0559 e. The molecule has 0 radical (unpaired) electrons. The van der Waals surface area contributed by atoms with Gasteiger partial charge >= 0.3 is 0 Å². The Kier molecular flexibility index (Phi) is 11.0. The first-order valence-electron chi connectivity index (χ1n) is 7.36. The van der Waals surface area contributed by atoms with Crippen molar-refractivity contribution in [3.05, 3.63) is 0 Å². The topological polar surface area (TPSA) is 95.1 Å². The standard InChI is InChI=1S/C12H30N6O2/c19-7-5-17-4-3-15-11-18(6-8-20)10-14-2-1-13-9-16-12-17/h13-16,19-20H,1-12H2. The van der Waals surface area contributed by atoms with Gasteiger partial charge in [-0.1, -0.05) is 0 Å². The number of nitrogens with zero attached hydrogens (tertiary/aromatic N) is 2. The molecule has 6 N–H and O–H groups in total. The van der Waals surface area contributed by atoms with Gasteiger partial charge in [0, 0.05) is 65.9 Å². The second-order valence-electron chi connectivity index (χ2n) is 4.86. The van der Waals surface area contributed by atoms with E-state index in [2.05, 4.69) is 31.1 Å². The quantitative estimate of drug-likeness (QED) is 0.322. The van der Waals surface area contributed by atoms with Crippen LogP contribution in [0.15, 0.2) is 0 Å². The summed E-state index contributed by atoms with van der Waals surface area (Å²) in [7, 11) is 0. The Morgan fingerprint density at radius 1 is 0.700 bits per heavy atom. The molecule has 1 rings (SSSR count). The Bertz CT molecular complexity index is 200. The second-order valence-corrected chi connectivity index (χ2v) is 4.86. The lowest BCUT2D eigenvalue weighted by molar-refractivity contribution is 0.162. The summed E-state index contributed by atoms with van der Waals surface area (Å²) in [5.74, 6) is 0. The van der Waals surface area contributed by atoms with Gasteiger partial charge in [0.1, 0.15) is 0 Å². The van der Waals surface area contributed by atoms with Crippen LogP contribution < -0.4 is 21.3 Å². The summed E-state index contributed by atoms with van der Waals surface area (Å²) in [6.07, 6.45) is 0. The van der Waals surface area contributed by atoms with Gasteiger partial charge in [-0.15, -0.1) is 0 Å². The average molecular weight is 290 g/mol. The molecule has 0 aromatic heterocycles. The first-order valence-corrected chi connectivity index (χ1v) is 7.36. The van der Waals surface area contributed by atoms with Crippen molar-refractivity contribution in [2.75, 3.05) is 79.2 Å². The average Bonchev–Trinajstić information content (AvgIpc) is 2.45. The summed E-state index contributed by atoms with van der Waals surface area (Å²) in [6.45, 7) is 8.26. The number of hydrogen-bond acceptors (Lipinski definition) is 8. The van der Waals surface area contributed by atoms with Crippen LogP contribution >= 0.6 is 0 Å². The minimum Gasteiger partial charge on any atom is -0.395 e. The lowest BCUT2D eigenvalue weighted by Crippen LogP contribution is -2.48. The Hall–Kier alpha value is -0.320. The molecule has 1 aliphatic rings. The van der Waals surface area contributed by atoms with E-state index in [0.717, 1.165) is 52.9 Å². The van der Waals surface area contributed by atoms with E-state index >= 15 is 0 Å². The Labute approximate surface area is 121 Å². The van der Waals surface area contributed by atoms with E-state index in [1.165, 1.54) is 0 Å². The third-order valence-corrected chi connectivity index (χ3v) is 3.17. The third-order valence-electron chi connectivity index (χ3n) is 3.17. The van der Waals surface area contributed by atoms with E-state index in [4.69, 9.17) is 10.2 Å². The van der Waals surface area contributed by atoms with Gasteiger partial charge in [-0.2, -0.15) is 0 Å². The van der Waals surface area contributed by atoms with Crippen LogP contribution in [0.1, 0.15) is 0 Å². The van der Waals surface area contributed by atoms with E-state index in [0.29, 0.717) is 13.1 Å². The van der Waals surface area contributed by atoms with Crippen LogP contribution in [0.25, 0.3) is 0 Å². The monoisotopic (exact) mass is 290 g/mol. The molecule has 20 heavy (non-hydrogen) atoms. The van der Waals surface area contributed by atoms with Crippen LogP contribution in [0.4, 0.5) is 0 Å². The first kappa shape index (κ1) is 17.7. The van der Waals surface area contributed by atoms with E-state index in [-0.39, 0.29) is 13.2 Å². The molecule has 1 aliphatic heterocycles. The highest BCUT2D eigenvalue weighted by Gasteiger charge is 2.06. The van der Waals surface area contributed by atoms with Crippen LogP contribution in [0, 0.1) is 0 Å². The number of nitrogens with one attached hydrogen (secondary N) is 4. The molecule has 1 heterocycles. The van der Waals surface area contributed by atoms with Gasteiger partial charge in [0.15, 0.2) is 0 Å². The number of aliphatic hydroxyl groups excluding tert-OH is 2. The maximum Gasteiger partial charge on any atom is 0.0559 e. The van der Waals surface area contributed by atoms with Crippen LogP contribution in [-0.4, -0.2) is 99.2 Å². The van der Waals surface area contributed by atoms with Crippen molar-refractivity contribution in [3.8, 4) is 0 Å². The molecular weight excluding hydrogens is 260 g/mol. The number of aliphatic hydroxyl groups is 2. The zero-order valence-corrected chi connectivity index (χ0v) is 12.3. The third kappa shape index (κ3) is 8.77. The largest absolute Gasteiger partial charge is 0.395 e. The predicted molar refractivity (Wildman–Crippen MR) is 79.1 cm³/mol. The van der Waals surface area contributed by atoms with Gasteiger partial charge in [0.2, 0.25) is 0 Å². The molecule has 120 valence electrons. The van der Waals surface area contributed by atoms with E-state index in [9.17, 15) is 0 Å². The van der Waals surface area contributed by atoms with Gasteiger partial charge in [-0.3, -0.25) is 15.1 Å². The summed E-state index contributed by atoms with van der Waals surface area (Å²) < 4.78 is 0. The van der Waals surface area contributed by atoms with Gasteiger partial charge in [-0.05, 0) is 0 Å². The SMILES string of the molecule is OCCN1CCNCN(CCO)CNCCNCNC1. The molecule has 0 spiro atoms. The highest BCUT2D eigenvalue weighted by Crippen LogP contribution is 1.86. The Morgan fingerprint density at radius 2 is 1.30 bits per heavy atom. The molecule has 1 saturated heterocycles. The summed E-state index contributed by atoms with van der Waals surface area (Å²) in [4.78, 5) is 4.31. The molecule has 0 aromatic carbocycles. The fraction of sp³-hybridized carbons (Fsp3) is 1.00. The maximum absolute atomic E-state index is 9.05. The van der Waals surface area contributed by atoms with E-state index in [1.54, 1.807) is 0 Å². The fourth-order valence-electron chi connectivity index (χ4n) is 2.05.